The molecule has 4 aromatic rings. The zero-order chi connectivity index (χ0) is 17.6. The van der Waals surface area contributed by atoms with Crippen LogP contribution in [0.1, 0.15) is 16.1 Å². The highest BCUT2D eigenvalue weighted by Crippen LogP contribution is 2.26. The van der Waals surface area contributed by atoms with Gasteiger partial charge in [0.05, 0.1) is 16.7 Å². The van der Waals surface area contributed by atoms with Gasteiger partial charge in [-0.05, 0) is 25.1 Å². The highest BCUT2D eigenvalue weighted by molar-refractivity contribution is 5.87. The number of aromatic nitrogens is 4. The summed E-state index contributed by atoms with van der Waals surface area (Å²) >= 11 is 0. The molecule has 25 heavy (non-hydrogen) atoms. The van der Waals surface area contributed by atoms with E-state index in [1.165, 1.54) is 0 Å². The lowest BCUT2D eigenvalue weighted by Gasteiger charge is -2.07. The summed E-state index contributed by atoms with van der Waals surface area (Å²) in [6.45, 7) is 2.01. The monoisotopic (exact) mass is 332 g/mol. The minimum absolute atomic E-state index is 0.0115. The standard InChI is InChI=1S/C19H16N4O2/c1-12-7-9-13(10-8-12)17-11-15(18(24)25)21-23(17)19-20-14-5-3-4-6-16(14)22(19)2/h3-11H,1-2H3,(H,24,25). The van der Waals surface area contributed by atoms with Crippen molar-refractivity contribution >= 4 is 17.0 Å². The van der Waals surface area contributed by atoms with Gasteiger partial charge in [-0.15, -0.1) is 0 Å². The molecule has 0 spiro atoms. The normalized spacial score (nSPS) is 11.1. The van der Waals surface area contributed by atoms with Crippen LogP contribution in [0.15, 0.2) is 54.6 Å². The van der Waals surface area contributed by atoms with Crippen LogP contribution in [0.25, 0.3) is 28.2 Å². The van der Waals surface area contributed by atoms with E-state index in [-0.39, 0.29) is 5.69 Å². The van der Waals surface area contributed by atoms with Gasteiger partial charge < -0.3 is 9.67 Å². The highest BCUT2D eigenvalue weighted by Gasteiger charge is 2.19. The van der Waals surface area contributed by atoms with Crippen molar-refractivity contribution in [2.45, 2.75) is 6.92 Å². The maximum absolute atomic E-state index is 11.4. The Morgan fingerprint density at radius 3 is 2.48 bits per heavy atom. The Kier molecular flexibility index (Phi) is 3.39. The molecule has 0 aliphatic carbocycles. The van der Waals surface area contributed by atoms with Crippen molar-refractivity contribution in [1.82, 2.24) is 19.3 Å². The van der Waals surface area contributed by atoms with E-state index in [1.54, 1.807) is 10.7 Å². The van der Waals surface area contributed by atoms with Crippen molar-refractivity contribution in [3.8, 4) is 17.2 Å². The quantitative estimate of drug-likeness (QED) is 0.624. The number of nitrogens with zero attached hydrogens (tertiary/aromatic N) is 4. The van der Waals surface area contributed by atoms with Crippen LogP contribution in [0.4, 0.5) is 0 Å². The molecule has 4 rings (SSSR count). The molecule has 2 aromatic carbocycles. The molecule has 0 aliphatic rings. The predicted molar refractivity (Wildman–Crippen MR) is 95.0 cm³/mol. The van der Waals surface area contributed by atoms with E-state index in [2.05, 4.69) is 10.1 Å². The lowest BCUT2D eigenvalue weighted by atomic mass is 10.1. The number of aryl methyl sites for hydroxylation is 2. The predicted octanol–water partition coefficient (Wildman–Crippen LogP) is 3.43. The van der Waals surface area contributed by atoms with Gasteiger partial charge in [0.15, 0.2) is 5.69 Å². The van der Waals surface area contributed by atoms with Crippen molar-refractivity contribution in [3.05, 3.63) is 65.9 Å². The Morgan fingerprint density at radius 1 is 1.08 bits per heavy atom. The van der Waals surface area contributed by atoms with E-state index in [1.807, 2.05) is 67.1 Å². The number of carboxylic acids is 1. The van der Waals surface area contributed by atoms with E-state index >= 15 is 0 Å². The Labute approximate surface area is 144 Å². The molecule has 0 radical (unpaired) electrons. The molecule has 1 N–H and O–H groups in total. The van der Waals surface area contributed by atoms with Crippen molar-refractivity contribution < 1.29 is 9.90 Å². The molecule has 0 atom stereocenters. The van der Waals surface area contributed by atoms with Crippen molar-refractivity contribution in [1.29, 1.82) is 0 Å². The van der Waals surface area contributed by atoms with Gasteiger partial charge >= 0.3 is 5.97 Å². The summed E-state index contributed by atoms with van der Waals surface area (Å²) in [5, 5.41) is 13.6. The Morgan fingerprint density at radius 2 is 1.80 bits per heavy atom. The number of imidazole rings is 1. The minimum Gasteiger partial charge on any atom is -0.476 e. The average Bonchev–Trinajstić information content (AvgIpc) is 3.18. The summed E-state index contributed by atoms with van der Waals surface area (Å²) < 4.78 is 3.50. The largest absolute Gasteiger partial charge is 0.476 e. The van der Waals surface area contributed by atoms with E-state index in [0.29, 0.717) is 11.6 Å². The van der Waals surface area contributed by atoms with Crippen molar-refractivity contribution in [3.63, 3.8) is 0 Å². The zero-order valence-corrected chi connectivity index (χ0v) is 13.8. The first-order valence-electron chi connectivity index (χ1n) is 7.87. The fourth-order valence-electron chi connectivity index (χ4n) is 2.89. The number of para-hydroxylation sites is 2. The number of hydrogen-bond acceptors (Lipinski definition) is 3. The van der Waals surface area contributed by atoms with Crippen LogP contribution < -0.4 is 0 Å². The molecule has 0 amide bonds. The smallest absolute Gasteiger partial charge is 0.356 e. The molecule has 0 fully saturated rings. The summed E-state index contributed by atoms with van der Waals surface area (Å²) in [6.07, 6.45) is 0. The lowest BCUT2D eigenvalue weighted by molar-refractivity contribution is 0.0690. The van der Waals surface area contributed by atoms with E-state index in [0.717, 1.165) is 22.2 Å². The number of hydrogen-bond donors (Lipinski definition) is 1. The summed E-state index contributed by atoms with van der Waals surface area (Å²) in [5.41, 5.74) is 4.49. The summed E-state index contributed by atoms with van der Waals surface area (Å²) in [6, 6.07) is 17.2. The minimum atomic E-state index is -1.06. The lowest BCUT2D eigenvalue weighted by Crippen LogP contribution is -2.08. The first kappa shape index (κ1) is 15.1. The fourth-order valence-corrected chi connectivity index (χ4v) is 2.89. The molecule has 0 aliphatic heterocycles. The highest BCUT2D eigenvalue weighted by atomic mass is 16.4. The Balaban J connectivity index is 1.98. The molecule has 2 heterocycles. The number of aromatic carboxylic acids is 1. The molecule has 0 saturated carbocycles. The van der Waals surface area contributed by atoms with Gasteiger partial charge in [-0.1, -0.05) is 42.0 Å². The maximum Gasteiger partial charge on any atom is 0.356 e. The van der Waals surface area contributed by atoms with Crippen molar-refractivity contribution in [2.75, 3.05) is 0 Å². The second-order valence-corrected chi connectivity index (χ2v) is 5.96. The maximum atomic E-state index is 11.4. The molecule has 0 bridgehead atoms. The molecule has 0 saturated heterocycles. The van der Waals surface area contributed by atoms with Gasteiger partial charge in [-0.2, -0.15) is 9.78 Å². The molecule has 2 aromatic heterocycles. The SMILES string of the molecule is Cc1ccc(-c2cc(C(=O)O)nn2-c2nc3ccccc3n2C)cc1. The fraction of sp³-hybridized carbons (Fsp3) is 0.105. The third-order valence-electron chi connectivity index (χ3n) is 4.23. The second kappa shape index (κ2) is 5.59. The van der Waals surface area contributed by atoms with Crippen LogP contribution >= 0.6 is 0 Å². The van der Waals surface area contributed by atoms with Crippen LogP contribution in [-0.2, 0) is 7.05 Å². The number of rotatable bonds is 3. The van der Waals surface area contributed by atoms with Gasteiger partial charge in [0.25, 0.3) is 0 Å². The molecule has 124 valence electrons. The number of benzene rings is 2. The number of carbonyl (C=O) groups is 1. The third kappa shape index (κ3) is 2.48. The number of fused-ring (bicyclic) bond motifs is 1. The van der Waals surface area contributed by atoms with Crippen LogP contribution in [0, 0.1) is 6.92 Å². The summed E-state index contributed by atoms with van der Waals surface area (Å²) in [5.74, 6) is -0.491. The van der Waals surface area contributed by atoms with Crippen LogP contribution in [0.3, 0.4) is 0 Å². The van der Waals surface area contributed by atoms with Gasteiger partial charge in [0.1, 0.15) is 0 Å². The van der Waals surface area contributed by atoms with Gasteiger partial charge in [-0.3, -0.25) is 0 Å². The molecular formula is C19H16N4O2. The van der Waals surface area contributed by atoms with Crippen LogP contribution in [0.2, 0.25) is 0 Å². The molecule has 6 heteroatoms. The van der Waals surface area contributed by atoms with Gasteiger partial charge in [0, 0.05) is 12.6 Å². The third-order valence-corrected chi connectivity index (χ3v) is 4.23. The molecular weight excluding hydrogens is 316 g/mol. The average molecular weight is 332 g/mol. The first-order valence-corrected chi connectivity index (χ1v) is 7.87. The zero-order valence-electron chi connectivity index (χ0n) is 13.8. The van der Waals surface area contributed by atoms with E-state index in [9.17, 15) is 9.90 Å². The van der Waals surface area contributed by atoms with Crippen LogP contribution in [-0.4, -0.2) is 30.4 Å². The summed E-state index contributed by atoms with van der Waals surface area (Å²) in [4.78, 5) is 16.1. The topological polar surface area (TPSA) is 72.9 Å². The Bertz CT molecular complexity index is 1090. The van der Waals surface area contributed by atoms with E-state index < -0.39 is 5.97 Å². The second-order valence-electron chi connectivity index (χ2n) is 5.96. The Hall–Kier alpha value is -3.41. The first-order chi connectivity index (χ1) is 12.0. The van der Waals surface area contributed by atoms with Crippen LogP contribution in [0.5, 0.6) is 0 Å². The van der Waals surface area contributed by atoms with Crippen molar-refractivity contribution in [2.24, 2.45) is 7.05 Å². The summed E-state index contributed by atoms with van der Waals surface area (Å²) in [7, 11) is 1.89. The molecule has 6 nitrogen and oxygen atoms in total. The van der Waals surface area contributed by atoms with Gasteiger partial charge in [0.2, 0.25) is 5.95 Å². The number of carboxylic acid groups (broad SMARTS) is 1. The van der Waals surface area contributed by atoms with Gasteiger partial charge in [-0.25, -0.2) is 9.78 Å². The molecule has 0 unspecified atom stereocenters. The van der Waals surface area contributed by atoms with E-state index in [4.69, 9.17) is 0 Å².